The van der Waals surface area contributed by atoms with E-state index in [1.165, 1.54) is 12.7 Å². The third-order valence-corrected chi connectivity index (χ3v) is 7.63. The first-order valence-corrected chi connectivity index (χ1v) is 15.7. The molecule has 4 heterocycles. The molecule has 0 saturated carbocycles. The van der Waals surface area contributed by atoms with Gasteiger partial charge in [0.2, 0.25) is 11.8 Å². The van der Waals surface area contributed by atoms with Crippen LogP contribution in [0.15, 0.2) is 25.0 Å². The summed E-state index contributed by atoms with van der Waals surface area (Å²) < 4.78 is 21.5. The van der Waals surface area contributed by atoms with E-state index in [2.05, 4.69) is 29.7 Å². The average molecular weight is 645 g/mol. The number of amides is 2. The number of hydrogen-bond donors (Lipinski definition) is 0. The van der Waals surface area contributed by atoms with Crippen molar-refractivity contribution < 1.29 is 28.5 Å². The minimum Gasteiger partial charge on any atom is -0.479 e. The fraction of sp³-hybridized carbons (Fsp3) is 0.688. The Bertz CT molecular complexity index is 1190. The fourth-order valence-electron chi connectivity index (χ4n) is 5.32. The van der Waals surface area contributed by atoms with Crippen LogP contribution in [0, 0.1) is 0 Å². The van der Waals surface area contributed by atoms with Crippen LogP contribution in [0.2, 0.25) is 0 Å². The lowest BCUT2D eigenvalue weighted by Crippen LogP contribution is -2.50. The van der Waals surface area contributed by atoms with Crippen LogP contribution >= 0.6 is 0 Å². The Morgan fingerprint density at radius 1 is 0.717 bits per heavy atom. The van der Waals surface area contributed by atoms with Gasteiger partial charge in [0.05, 0.1) is 38.7 Å². The molecule has 256 valence electrons. The molecule has 4 rings (SSSR count). The highest BCUT2D eigenvalue weighted by atomic mass is 16.6. The molecule has 2 aromatic rings. The number of hydrogen-bond acceptors (Lipinski definition) is 12. The van der Waals surface area contributed by atoms with Crippen LogP contribution in [0.3, 0.4) is 0 Å². The number of carbonyl (C=O) groups excluding carboxylic acids is 2. The van der Waals surface area contributed by atoms with Crippen LogP contribution in [0.25, 0.3) is 0 Å². The van der Waals surface area contributed by atoms with E-state index < -0.39 is 11.2 Å². The smallest absolute Gasteiger partial charge is 0.410 e. The summed E-state index contributed by atoms with van der Waals surface area (Å²) in [7, 11) is 6.78. The van der Waals surface area contributed by atoms with Gasteiger partial charge in [-0.3, -0.25) is 0 Å². The summed E-state index contributed by atoms with van der Waals surface area (Å²) in [5, 5.41) is 0. The molecule has 0 bridgehead atoms. The zero-order chi connectivity index (χ0) is 34.1. The molecule has 0 radical (unpaired) electrons. The molecular weight excluding hydrogens is 592 g/mol. The van der Waals surface area contributed by atoms with Crippen molar-refractivity contribution in [1.82, 2.24) is 29.7 Å². The maximum Gasteiger partial charge on any atom is 0.410 e. The number of rotatable bonds is 6. The second-order valence-electron chi connectivity index (χ2n) is 13.5. The van der Waals surface area contributed by atoms with Crippen molar-refractivity contribution in [3.63, 3.8) is 0 Å². The van der Waals surface area contributed by atoms with Gasteiger partial charge < -0.3 is 38.5 Å². The van der Waals surface area contributed by atoms with Gasteiger partial charge in [-0.2, -0.15) is 0 Å². The van der Waals surface area contributed by atoms with Gasteiger partial charge >= 0.3 is 12.2 Å². The van der Waals surface area contributed by atoms with Crippen LogP contribution in [0.5, 0.6) is 11.8 Å². The summed E-state index contributed by atoms with van der Waals surface area (Å²) in [6.45, 7) is 14.4. The topological polar surface area (TPSA) is 136 Å². The molecule has 14 nitrogen and oxygen atoms in total. The van der Waals surface area contributed by atoms with Gasteiger partial charge in [-0.25, -0.2) is 29.5 Å². The lowest BCUT2D eigenvalue weighted by Gasteiger charge is -2.39. The largest absolute Gasteiger partial charge is 0.479 e. The average Bonchev–Trinajstić information content (AvgIpc) is 3.02. The Labute approximate surface area is 273 Å². The van der Waals surface area contributed by atoms with E-state index in [0.717, 1.165) is 50.1 Å². The third-order valence-electron chi connectivity index (χ3n) is 7.63. The SMILES string of the molecule is COc1ncncc1N1CCCC(N(C)C(=O)OC(C)(C)C)C1.COc1ncncc1N1CCCC(N(C)C(=O)OC(C)(C)C)C1. The molecule has 2 saturated heterocycles. The van der Waals surface area contributed by atoms with Crippen molar-refractivity contribution in [3.05, 3.63) is 25.0 Å². The first-order valence-electron chi connectivity index (χ1n) is 15.7. The highest BCUT2D eigenvalue weighted by Crippen LogP contribution is 2.30. The van der Waals surface area contributed by atoms with Crippen LogP contribution in [-0.2, 0) is 9.47 Å². The lowest BCUT2D eigenvalue weighted by atomic mass is 10.0. The van der Waals surface area contributed by atoms with Crippen molar-refractivity contribution in [3.8, 4) is 11.8 Å². The van der Waals surface area contributed by atoms with Gasteiger partial charge in [0.25, 0.3) is 0 Å². The second kappa shape index (κ2) is 15.9. The van der Waals surface area contributed by atoms with Crippen molar-refractivity contribution in [2.24, 2.45) is 0 Å². The number of piperidine rings is 2. The molecule has 0 N–H and O–H groups in total. The van der Waals surface area contributed by atoms with Gasteiger partial charge in [0, 0.05) is 40.3 Å². The first-order chi connectivity index (χ1) is 21.6. The summed E-state index contributed by atoms with van der Waals surface area (Å²) >= 11 is 0. The molecule has 2 fully saturated rings. The van der Waals surface area contributed by atoms with Crippen molar-refractivity contribution >= 4 is 23.6 Å². The number of likely N-dealkylation sites (N-methyl/N-ethyl adjacent to an activating group) is 2. The van der Waals surface area contributed by atoms with Gasteiger partial charge in [-0.05, 0) is 67.2 Å². The minimum atomic E-state index is -0.490. The molecule has 0 spiro atoms. The maximum absolute atomic E-state index is 12.3. The number of nitrogens with zero attached hydrogens (tertiary/aromatic N) is 8. The zero-order valence-corrected chi connectivity index (χ0v) is 29.1. The van der Waals surface area contributed by atoms with Crippen LogP contribution in [-0.4, -0.2) is 120 Å². The maximum atomic E-state index is 12.3. The summed E-state index contributed by atoms with van der Waals surface area (Å²) in [5.41, 5.74) is 0.737. The minimum absolute atomic E-state index is 0.0866. The highest BCUT2D eigenvalue weighted by Gasteiger charge is 2.32. The van der Waals surface area contributed by atoms with E-state index in [0.29, 0.717) is 24.8 Å². The number of carbonyl (C=O) groups is 2. The Kier molecular flexibility index (Phi) is 12.6. The van der Waals surface area contributed by atoms with Gasteiger partial charge in [0.15, 0.2) is 0 Å². The zero-order valence-electron chi connectivity index (χ0n) is 29.1. The van der Waals surface area contributed by atoms with Gasteiger partial charge in [0.1, 0.15) is 35.2 Å². The molecule has 0 aliphatic carbocycles. The molecular formula is C32H52N8O6. The Morgan fingerprint density at radius 3 is 1.41 bits per heavy atom. The fourth-order valence-corrected chi connectivity index (χ4v) is 5.32. The van der Waals surface area contributed by atoms with Crippen LogP contribution in [0.1, 0.15) is 67.2 Å². The molecule has 2 aliphatic rings. The van der Waals surface area contributed by atoms with Gasteiger partial charge in [-0.1, -0.05) is 0 Å². The number of ether oxygens (including phenoxy) is 4. The molecule has 2 unspecified atom stereocenters. The Balaban J connectivity index is 0.000000250. The van der Waals surface area contributed by atoms with E-state index in [-0.39, 0.29) is 24.3 Å². The molecule has 2 aromatic heterocycles. The first kappa shape index (κ1) is 36.4. The number of aromatic nitrogens is 4. The van der Waals surface area contributed by atoms with Crippen molar-refractivity contribution in [2.75, 3.05) is 64.3 Å². The normalized spacial score (nSPS) is 18.5. The van der Waals surface area contributed by atoms with Crippen LogP contribution in [0.4, 0.5) is 21.0 Å². The van der Waals surface area contributed by atoms with E-state index in [9.17, 15) is 9.59 Å². The molecule has 2 amide bonds. The summed E-state index contributed by atoms with van der Waals surface area (Å²) in [5.74, 6) is 1.11. The standard InChI is InChI=1S/2C16H26N4O3/c2*1-16(2,3)23-15(21)19(4)12-7-6-8-20(10-12)13-9-17-11-18-14(13)22-5/h2*9,11-12H,6-8,10H2,1-5H3. The van der Waals surface area contributed by atoms with Gasteiger partial charge in [-0.15, -0.1) is 0 Å². The van der Waals surface area contributed by atoms with E-state index in [1.54, 1.807) is 50.5 Å². The van der Waals surface area contributed by atoms with E-state index in [1.807, 2.05) is 41.5 Å². The second-order valence-corrected chi connectivity index (χ2v) is 13.5. The predicted octanol–water partition coefficient (Wildman–Crippen LogP) is 4.64. The molecule has 2 atom stereocenters. The van der Waals surface area contributed by atoms with Crippen molar-refractivity contribution in [1.29, 1.82) is 0 Å². The number of methoxy groups -OCH3 is 2. The van der Waals surface area contributed by atoms with E-state index >= 15 is 0 Å². The Morgan fingerprint density at radius 2 is 1.09 bits per heavy atom. The van der Waals surface area contributed by atoms with E-state index in [4.69, 9.17) is 18.9 Å². The summed E-state index contributed by atoms with van der Waals surface area (Å²) in [4.78, 5) is 48.7. The highest BCUT2D eigenvalue weighted by molar-refractivity contribution is 5.69. The lowest BCUT2D eigenvalue weighted by molar-refractivity contribution is 0.0199. The monoisotopic (exact) mass is 644 g/mol. The molecule has 0 aromatic carbocycles. The summed E-state index contributed by atoms with van der Waals surface area (Å²) in [6.07, 6.45) is 9.72. The Hall–Kier alpha value is -4.10. The molecule has 14 heteroatoms. The molecule has 46 heavy (non-hydrogen) atoms. The summed E-state index contributed by atoms with van der Waals surface area (Å²) in [6, 6.07) is 0.173. The predicted molar refractivity (Wildman–Crippen MR) is 176 cm³/mol. The molecule has 2 aliphatic heterocycles. The number of anilines is 2. The van der Waals surface area contributed by atoms with Crippen molar-refractivity contribution in [2.45, 2.75) is 90.5 Å². The van der Waals surface area contributed by atoms with Crippen LogP contribution < -0.4 is 19.3 Å². The third kappa shape index (κ3) is 10.5. The quantitative estimate of drug-likeness (QED) is 0.433.